The maximum absolute atomic E-state index is 12.2. The lowest BCUT2D eigenvalue weighted by atomic mass is 10.1. The standard InChI is InChI=1S/C15H17NO2S/c1-9-8-16-12(11(3)15(9)18-4)7-13(17)14-6-5-10(2)19-14/h5-6,8H,7H2,1-4H3. The second-order valence-electron chi connectivity index (χ2n) is 4.56. The number of aromatic nitrogens is 1. The van der Waals surface area contributed by atoms with Crippen LogP contribution in [0.1, 0.15) is 31.4 Å². The quantitative estimate of drug-likeness (QED) is 0.802. The van der Waals surface area contributed by atoms with E-state index in [0.717, 1.165) is 32.3 Å². The van der Waals surface area contributed by atoms with Gasteiger partial charge in [-0.2, -0.15) is 0 Å². The Balaban J connectivity index is 2.27. The summed E-state index contributed by atoms with van der Waals surface area (Å²) in [5.74, 6) is 0.930. The van der Waals surface area contributed by atoms with Crippen LogP contribution >= 0.6 is 11.3 Å². The minimum absolute atomic E-state index is 0.111. The molecule has 0 unspecified atom stereocenters. The summed E-state index contributed by atoms with van der Waals surface area (Å²) in [6.07, 6.45) is 2.08. The Morgan fingerprint density at radius 3 is 2.63 bits per heavy atom. The summed E-state index contributed by atoms with van der Waals surface area (Å²) < 4.78 is 5.36. The molecule has 2 aromatic heterocycles. The topological polar surface area (TPSA) is 39.2 Å². The first-order chi connectivity index (χ1) is 9.02. The van der Waals surface area contributed by atoms with Gasteiger partial charge in [0.05, 0.1) is 24.1 Å². The van der Waals surface area contributed by atoms with Crippen molar-refractivity contribution in [1.82, 2.24) is 4.98 Å². The molecule has 0 spiro atoms. The van der Waals surface area contributed by atoms with E-state index in [2.05, 4.69) is 4.98 Å². The van der Waals surface area contributed by atoms with Crippen molar-refractivity contribution in [3.05, 3.63) is 44.9 Å². The van der Waals surface area contributed by atoms with E-state index in [-0.39, 0.29) is 5.78 Å². The molecule has 0 bridgehead atoms. The van der Waals surface area contributed by atoms with Crippen molar-refractivity contribution in [2.24, 2.45) is 0 Å². The van der Waals surface area contributed by atoms with Crippen LogP contribution in [0, 0.1) is 20.8 Å². The van der Waals surface area contributed by atoms with E-state index in [1.807, 2.05) is 32.9 Å². The summed E-state index contributed by atoms with van der Waals surface area (Å²) in [5.41, 5.74) is 2.73. The molecule has 0 saturated heterocycles. The Labute approximate surface area is 117 Å². The zero-order valence-corrected chi connectivity index (χ0v) is 12.4. The van der Waals surface area contributed by atoms with Gasteiger partial charge in [-0.25, -0.2) is 0 Å². The number of hydrogen-bond acceptors (Lipinski definition) is 4. The third-order valence-corrected chi connectivity index (χ3v) is 4.13. The third-order valence-electron chi connectivity index (χ3n) is 3.09. The van der Waals surface area contributed by atoms with Gasteiger partial charge in [-0.15, -0.1) is 11.3 Å². The molecule has 0 fully saturated rings. The van der Waals surface area contributed by atoms with Gasteiger partial charge in [0.25, 0.3) is 0 Å². The molecule has 2 aromatic rings. The average molecular weight is 275 g/mol. The Bertz CT molecular complexity index is 617. The van der Waals surface area contributed by atoms with Crippen molar-refractivity contribution >= 4 is 17.1 Å². The van der Waals surface area contributed by atoms with E-state index in [1.54, 1.807) is 13.3 Å². The van der Waals surface area contributed by atoms with Gasteiger partial charge in [0.1, 0.15) is 5.75 Å². The molecule has 0 aromatic carbocycles. The molecule has 0 radical (unpaired) electrons. The van der Waals surface area contributed by atoms with Gasteiger partial charge < -0.3 is 4.74 Å². The van der Waals surface area contributed by atoms with E-state index in [9.17, 15) is 4.79 Å². The minimum atomic E-state index is 0.111. The number of carbonyl (C=O) groups is 1. The largest absolute Gasteiger partial charge is 0.496 e. The molecule has 0 atom stereocenters. The molecule has 2 rings (SSSR count). The molecule has 0 aliphatic carbocycles. The van der Waals surface area contributed by atoms with E-state index >= 15 is 0 Å². The lowest BCUT2D eigenvalue weighted by Crippen LogP contribution is -2.07. The van der Waals surface area contributed by atoms with Crippen LogP contribution in [0.5, 0.6) is 5.75 Å². The Hall–Kier alpha value is -1.68. The molecule has 2 heterocycles. The van der Waals surface area contributed by atoms with Crippen LogP contribution in [0.15, 0.2) is 18.3 Å². The molecule has 19 heavy (non-hydrogen) atoms. The number of ether oxygens (including phenoxy) is 1. The number of nitrogens with zero attached hydrogens (tertiary/aromatic N) is 1. The Morgan fingerprint density at radius 2 is 2.05 bits per heavy atom. The molecule has 0 aliphatic heterocycles. The van der Waals surface area contributed by atoms with Crippen molar-refractivity contribution in [2.75, 3.05) is 7.11 Å². The van der Waals surface area contributed by atoms with Crippen molar-refractivity contribution < 1.29 is 9.53 Å². The fraction of sp³-hybridized carbons (Fsp3) is 0.333. The SMILES string of the molecule is COc1c(C)cnc(CC(=O)c2ccc(C)s2)c1C. The lowest BCUT2D eigenvalue weighted by molar-refractivity contribution is 0.0995. The highest BCUT2D eigenvalue weighted by atomic mass is 32.1. The third kappa shape index (κ3) is 2.84. The van der Waals surface area contributed by atoms with Gasteiger partial charge in [-0.1, -0.05) is 0 Å². The number of rotatable bonds is 4. The zero-order valence-electron chi connectivity index (χ0n) is 11.6. The fourth-order valence-corrected chi connectivity index (χ4v) is 2.88. The van der Waals surface area contributed by atoms with Gasteiger partial charge in [0.15, 0.2) is 5.78 Å². The summed E-state index contributed by atoms with van der Waals surface area (Å²) >= 11 is 1.53. The van der Waals surface area contributed by atoms with Gasteiger partial charge in [0.2, 0.25) is 0 Å². The van der Waals surface area contributed by atoms with E-state index in [4.69, 9.17) is 4.74 Å². The molecule has 0 N–H and O–H groups in total. The van der Waals surface area contributed by atoms with Crippen LogP contribution in [0.4, 0.5) is 0 Å². The highest BCUT2D eigenvalue weighted by Crippen LogP contribution is 2.25. The van der Waals surface area contributed by atoms with Crippen LogP contribution in [-0.4, -0.2) is 17.9 Å². The smallest absolute Gasteiger partial charge is 0.178 e. The predicted octanol–water partition coefficient (Wildman–Crippen LogP) is 3.50. The number of carbonyl (C=O) groups excluding carboxylic acids is 1. The first-order valence-corrected chi connectivity index (χ1v) is 6.93. The predicted molar refractivity (Wildman–Crippen MR) is 77.4 cm³/mol. The molecule has 0 amide bonds. The average Bonchev–Trinajstić information content (AvgIpc) is 2.80. The van der Waals surface area contributed by atoms with Gasteiger partial charge in [-0.05, 0) is 32.9 Å². The number of aryl methyl sites for hydroxylation is 2. The molecule has 3 nitrogen and oxygen atoms in total. The number of ketones is 1. The Morgan fingerprint density at radius 1 is 1.32 bits per heavy atom. The molecular formula is C15H17NO2S. The van der Waals surface area contributed by atoms with Crippen LogP contribution < -0.4 is 4.74 Å². The summed E-state index contributed by atoms with van der Waals surface area (Å²) in [7, 11) is 1.64. The van der Waals surface area contributed by atoms with E-state index in [0.29, 0.717) is 6.42 Å². The molecule has 100 valence electrons. The molecule has 4 heteroatoms. The fourth-order valence-electron chi connectivity index (χ4n) is 2.07. The van der Waals surface area contributed by atoms with Gasteiger partial charge >= 0.3 is 0 Å². The summed E-state index contributed by atoms with van der Waals surface area (Å²) in [4.78, 5) is 18.5. The number of pyridine rings is 1. The summed E-state index contributed by atoms with van der Waals surface area (Å²) in [5, 5.41) is 0. The van der Waals surface area contributed by atoms with E-state index < -0.39 is 0 Å². The number of Topliss-reactive ketones (excluding diaryl/α,β-unsaturated/α-hetero) is 1. The van der Waals surface area contributed by atoms with Gasteiger partial charge in [0, 0.05) is 22.2 Å². The molecule has 0 aliphatic rings. The number of hydrogen-bond donors (Lipinski definition) is 0. The second-order valence-corrected chi connectivity index (χ2v) is 5.84. The summed E-state index contributed by atoms with van der Waals surface area (Å²) in [6, 6.07) is 3.84. The maximum Gasteiger partial charge on any atom is 0.178 e. The highest BCUT2D eigenvalue weighted by molar-refractivity contribution is 7.14. The van der Waals surface area contributed by atoms with Crippen LogP contribution in [-0.2, 0) is 6.42 Å². The van der Waals surface area contributed by atoms with Crippen LogP contribution in [0.3, 0.4) is 0 Å². The van der Waals surface area contributed by atoms with Crippen LogP contribution in [0.2, 0.25) is 0 Å². The van der Waals surface area contributed by atoms with E-state index in [1.165, 1.54) is 11.3 Å². The second kappa shape index (κ2) is 5.53. The zero-order chi connectivity index (χ0) is 14.0. The monoisotopic (exact) mass is 275 g/mol. The lowest BCUT2D eigenvalue weighted by Gasteiger charge is -2.11. The van der Waals surface area contributed by atoms with Crippen molar-refractivity contribution in [2.45, 2.75) is 27.2 Å². The number of methoxy groups -OCH3 is 1. The molecule has 0 saturated carbocycles. The maximum atomic E-state index is 12.2. The first kappa shape index (κ1) is 13.7. The number of thiophene rings is 1. The van der Waals surface area contributed by atoms with Crippen molar-refractivity contribution in [3.63, 3.8) is 0 Å². The molecular weight excluding hydrogens is 258 g/mol. The van der Waals surface area contributed by atoms with Crippen LogP contribution in [0.25, 0.3) is 0 Å². The first-order valence-electron chi connectivity index (χ1n) is 6.11. The minimum Gasteiger partial charge on any atom is -0.496 e. The normalized spacial score (nSPS) is 10.5. The Kier molecular flexibility index (Phi) is 4.00. The van der Waals surface area contributed by atoms with Crippen molar-refractivity contribution in [1.29, 1.82) is 0 Å². The summed E-state index contributed by atoms with van der Waals surface area (Å²) in [6.45, 7) is 5.90. The van der Waals surface area contributed by atoms with Crippen molar-refractivity contribution in [3.8, 4) is 5.75 Å². The highest BCUT2D eigenvalue weighted by Gasteiger charge is 2.15. The van der Waals surface area contributed by atoms with Gasteiger partial charge in [-0.3, -0.25) is 9.78 Å².